The van der Waals surface area contributed by atoms with Gasteiger partial charge in [-0.15, -0.1) is 22.7 Å². The van der Waals surface area contributed by atoms with Crippen LogP contribution in [0.3, 0.4) is 0 Å². The van der Waals surface area contributed by atoms with Crippen molar-refractivity contribution in [2.45, 2.75) is 20.8 Å². The zero-order valence-electron chi connectivity index (χ0n) is 10.2. The first-order chi connectivity index (χ1) is 8.52. The third-order valence-electron chi connectivity index (χ3n) is 2.33. The fourth-order valence-electron chi connectivity index (χ4n) is 1.46. The van der Waals surface area contributed by atoms with Crippen molar-refractivity contribution in [2.24, 2.45) is 0 Å². The molecule has 0 aromatic carbocycles. The van der Waals surface area contributed by atoms with Crippen LogP contribution in [0.1, 0.15) is 27.2 Å². The average molecular weight is 346 g/mol. The van der Waals surface area contributed by atoms with Gasteiger partial charge in [-0.1, -0.05) is 0 Å². The molecule has 0 bridgehead atoms. The lowest BCUT2D eigenvalue weighted by atomic mass is 10.4. The van der Waals surface area contributed by atoms with Gasteiger partial charge in [-0.05, 0) is 42.8 Å². The summed E-state index contributed by atoms with van der Waals surface area (Å²) < 4.78 is 6.06. The Balaban J connectivity index is 2.36. The summed E-state index contributed by atoms with van der Waals surface area (Å²) >= 11 is 6.67. The molecule has 0 N–H and O–H groups in total. The van der Waals surface area contributed by atoms with E-state index in [9.17, 15) is 4.79 Å². The van der Waals surface area contributed by atoms with Crippen molar-refractivity contribution in [3.8, 4) is 9.88 Å². The van der Waals surface area contributed by atoms with E-state index < -0.39 is 0 Å². The van der Waals surface area contributed by atoms with Crippen molar-refractivity contribution < 1.29 is 9.53 Å². The largest absolute Gasteiger partial charge is 0.461 e. The number of carbonyl (C=O) groups is 1. The summed E-state index contributed by atoms with van der Waals surface area (Å²) in [7, 11) is 0. The van der Waals surface area contributed by atoms with E-state index in [-0.39, 0.29) is 5.97 Å². The quantitative estimate of drug-likeness (QED) is 0.772. The number of hydrogen-bond donors (Lipinski definition) is 0. The highest BCUT2D eigenvalue weighted by molar-refractivity contribution is 9.10. The van der Waals surface area contributed by atoms with E-state index in [0.717, 1.165) is 19.2 Å². The predicted molar refractivity (Wildman–Crippen MR) is 78.6 cm³/mol. The van der Waals surface area contributed by atoms with Crippen LogP contribution in [0.15, 0.2) is 10.5 Å². The summed E-state index contributed by atoms with van der Waals surface area (Å²) in [6.07, 6.45) is 0. The molecule has 6 heteroatoms. The highest BCUT2D eigenvalue weighted by Gasteiger charge is 2.18. The molecule has 0 atom stereocenters. The van der Waals surface area contributed by atoms with Crippen LogP contribution >= 0.6 is 38.6 Å². The number of thiazole rings is 1. The van der Waals surface area contributed by atoms with Gasteiger partial charge in [0.05, 0.1) is 11.5 Å². The van der Waals surface area contributed by atoms with Crippen molar-refractivity contribution in [3.05, 3.63) is 26.0 Å². The Morgan fingerprint density at radius 3 is 2.67 bits per heavy atom. The minimum atomic E-state index is -0.343. The molecule has 0 unspecified atom stereocenters. The highest BCUT2D eigenvalue weighted by atomic mass is 79.9. The van der Waals surface area contributed by atoms with Crippen molar-refractivity contribution >= 4 is 44.6 Å². The first-order valence-electron chi connectivity index (χ1n) is 5.43. The monoisotopic (exact) mass is 345 g/mol. The normalized spacial score (nSPS) is 10.7. The average Bonchev–Trinajstić information content (AvgIpc) is 2.84. The lowest BCUT2D eigenvalue weighted by Crippen LogP contribution is -2.06. The maximum Gasteiger partial charge on any atom is 0.358 e. The second-order valence-electron chi connectivity index (χ2n) is 3.66. The number of thiophene rings is 1. The van der Waals surface area contributed by atoms with Crippen molar-refractivity contribution in [1.82, 2.24) is 4.98 Å². The maximum absolute atomic E-state index is 11.7. The van der Waals surface area contributed by atoms with Gasteiger partial charge in [-0.25, -0.2) is 9.78 Å². The second kappa shape index (κ2) is 5.50. The molecule has 0 saturated carbocycles. The van der Waals surface area contributed by atoms with Crippen LogP contribution in [-0.4, -0.2) is 17.6 Å². The van der Waals surface area contributed by atoms with Gasteiger partial charge >= 0.3 is 5.97 Å². The first-order valence-corrected chi connectivity index (χ1v) is 7.86. The standard InChI is InChI=1S/C12H12BrNO2S2/c1-4-16-12(15)10-7(3)18-11(14-10)9-5-8(13)6(2)17-9/h5H,4H2,1-3H3. The van der Waals surface area contributed by atoms with Crippen LogP contribution < -0.4 is 0 Å². The summed E-state index contributed by atoms with van der Waals surface area (Å²) in [6, 6.07) is 2.03. The summed E-state index contributed by atoms with van der Waals surface area (Å²) in [5.74, 6) is -0.343. The van der Waals surface area contributed by atoms with E-state index in [4.69, 9.17) is 4.74 Å². The first kappa shape index (κ1) is 13.7. The SMILES string of the molecule is CCOC(=O)c1nc(-c2cc(Br)c(C)s2)sc1C. The number of halogens is 1. The van der Waals surface area contributed by atoms with E-state index in [1.54, 1.807) is 18.3 Å². The van der Waals surface area contributed by atoms with Crippen molar-refractivity contribution in [2.75, 3.05) is 6.61 Å². The fourth-order valence-corrected chi connectivity index (χ4v) is 3.94. The van der Waals surface area contributed by atoms with Crippen LogP contribution in [0.5, 0.6) is 0 Å². The molecule has 2 aromatic heterocycles. The Hall–Kier alpha value is -0.720. The second-order valence-corrected chi connectivity index (χ2v) is 6.97. The minimum Gasteiger partial charge on any atom is -0.461 e. The number of esters is 1. The number of hydrogen-bond acceptors (Lipinski definition) is 5. The lowest BCUT2D eigenvalue weighted by Gasteiger charge is -1.97. The molecule has 3 nitrogen and oxygen atoms in total. The van der Waals surface area contributed by atoms with Crippen molar-refractivity contribution in [3.63, 3.8) is 0 Å². The van der Waals surface area contributed by atoms with E-state index in [1.165, 1.54) is 16.2 Å². The third kappa shape index (κ3) is 2.65. The molecule has 18 heavy (non-hydrogen) atoms. The summed E-state index contributed by atoms with van der Waals surface area (Å²) in [6.45, 7) is 6.10. The molecule has 0 aliphatic rings. The molecule has 2 aromatic rings. The van der Waals surface area contributed by atoms with Crippen molar-refractivity contribution in [1.29, 1.82) is 0 Å². The highest BCUT2D eigenvalue weighted by Crippen LogP contribution is 2.37. The van der Waals surface area contributed by atoms with E-state index in [0.29, 0.717) is 12.3 Å². The molecule has 96 valence electrons. The number of ether oxygens (including phenoxy) is 1. The Morgan fingerprint density at radius 1 is 1.39 bits per heavy atom. The molecule has 0 radical (unpaired) electrons. The lowest BCUT2D eigenvalue weighted by molar-refractivity contribution is 0.0519. The Bertz CT molecular complexity index is 569. The van der Waals surface area contributed by atoms with Crippen LogP contribution in [0.4, 0.5) is 0 Å². The van der Waals surface area contributed by atoms with Crippen LogP contribution in [-0.2, 0) is 4.74 Å². The molecular weight excluding hydrogens is 334 g/mol. The van der Waals surface area contributed by atoms with Crippen LogP contribution in [0.2, 0.25) is 0 Å². The molecule has 0 spiro atoms. The van der Waals surface area contributed by atoms with Gasteiger partial charge in [0.15, 0.2) is 5.69 Å². The molecule has 0 amide bonds. The molecule has 0 fully saturated rings. The summed E-state index contributed by atoms with van der Waals surface area (Å²) in [5.41, 5.74) is 0.430. The van der Waals surface area contributed by atoms with Gasteiger partial charge < -0.3 is 4.74 Å². The zero-order valence-corrected chi connectivity index (χ0v) is 13.5. The van der Waals surface area contributed by atoms with Gasteiger partial charge in [-0.3, -0.25) is 0 Å². The Morgan fingerprint density at radius 2 is 2.11 bits per heavy atom. The molecule has 0 aliphatic heterocycles. The zero-order chi connectivity index (χ0) is 13.3. The van der Waals surface area contributed by atoms with Gasteiger partial charge in [0.2, 0.25) is 0 Å². The van der Waals surface area contributed by atoms with Gasteiger partial charge in [-0.2, -0.15) is 0 Å². The number of carbonyl (C=O) groups excluding carboxylic acids is 1. The number of rotatable bonds is 3. The minimum absolute atomic E-state index is 0.343. The molecule has 2 rings (SSSR count). The fraction of sp³-hybridized carbons (Fsp3) is 0.333. The summed E-state index contributed by atoms with van der Waals surface area (Å²) in [5, 5.41) is 0.870. The number of nitrogens with zero attached hydrogens (tertiary/aromatic N) is 1. The Kier molecular flexibility index (Phi) is 4.19. The van der Waals surface area contributed by atoms with Crippen LogP contribution in [0, 0.1) is 13.8 Å². The number of aromatic nitrogens is 1. The molecule has 2 heterocycles. The molecule has 0 aliphatic carbocycles. The topological polar surface area (TPSA) is 39.2 Å². The third-order valence-corrected chi connectivity index (χ3v) is 5.61. The summed E-state index contributed by atoms with van der Waals surface area (Å²) in [4.78, 5) is 19.3. The predicted octanol–water partition coefficient (Wildman–Crippen LogP) is 4.43. The van der Waals surface area contributed by atoms with Gasteiger partial charge in [0.1, 0.15) is 5.01 Å². The van der Waals surface area contributed by atoms with E-state index >= 15 is 0 Å². The number of aryl methyl sites for hydroxylation is 2. The van der Waals surface area contributed by atoms with E-state index in [1.807, 2.05) is 19.9 Å². The smallest absolute Gasteiger partial charge is 0.358 e. The van der Waals surface area contributed by atoms with E-state index in [2.05, 4.69) is 20.9 Å². The van der Waals surface area contributed by atoms with Crippen LogP contribution in [0.25, 0.3) is 9.88 Å². The molecular formula is C12H12BrNO2S2. The molecule has 0 saturated heterocycles. The van der Waals surface area contributed by atoms with Gasteiger partial charge in [0, 0.05) is 14.2 Å². The Labute approximate surface area is 122 Å². The van der Waals surface area contributed by atoms with Gasteiger partial charge in [0.25, 0.3) is 0 Å². The maximum atomic E-state index is 11.7.